The van der Waals surface area contributed by atoms with Crippen molar-refractivity contribution in [3.63, 3.8) is 0 Å². The third kappa shape index (κ3) is 4.33. The second kappa shape index (κ2) is 7.61. The van der Waals surface area contributed by atoms with Crippen LogP contribution >= 0.6 is 12.2 Å². The lowest BCUT2D eigenvalue weighted by Gasteiger charge is -2.12. The van der Waals surface area contributed by atoms with Crippen molar-refractivity contribution in [3.8, 4) is 5.75 Å². The van der Waals surface area contributed by atoms with Crippen molar-refractivity contribution in [3.05, 3.63) is 72.6 Å². The molecule has 5 nitrogen and oxygen atoms in total. The van der Waals surface area contributed by atoms with Gasteiger partial charge in [-0.15, -0.1) is 0 Å². The largest absolute Gasteiger partial charge is 0.497 e. The number of benzene rings is 2. The van der Waals surface area contributed by atoms with E-state index < -0.39 is 0 Å². The van der Waals surface area contributed by atoms with E-state index in [0.29, 0.717) is 5.11 Å². The van der Waals surface area contributed by atoms with Gasteiger partial charge in [0.1, 0.15) is 5.75 Å². The summed E-state index contributed by atoms with van der Waals surface area (Å²) >= 11 is 5.35. The number of aromatic nitrogens is 2. The van der Waals surface area contributed by atoms with Crippen LogP contribution in [0.3, 0.4) is 0 Å². The van der Waals surface area contributed by atoms with Gasteiger partial charge in [0.25, 0.3) is 0 Å². The number of methoxy groups -OCH3 is 1. The zero-order valence-electron chi connectivity index (χ0n) is 13.3. The number of rotatable bonds is 5. The predicted octanol–water partition coefficient (Wildman–Crippen LogP) is 3.75. The Morgan fingerprint density at radius 2 is 1.88 bits per heavy atom. The van der Waals surface area contributed by atoms with E-state index in [1.807, 2.05) is 53.3 Å². The predicted molar refractivity (Wildman–Crippen MR) is 101 cm³/mol. The third-order valence-electron chi connectivity index (χ3n) is 3.44. The van der Waals surface area contributed by atoms with Crippen molar-refractivity contribution in [1.82, 2.24) is 9.78 Å². The highest BCUT2D eigenvalue weighted by Crippen LogP contribution is 2.17. The van der Waals surface area contributed by atoms with Crippen LogP contribution in [0.1, 0.15) is 5.56 Å². The SMILES string of the molecule is COc1cccc(NC(=S)Nc2ccc(Cn3cccn3)cc2)c1. The zero-order valence-corrected chi connectivity index (χ0v) is 14.1. The molecule has 0 aliphatic heterocycles. The molecule has 24 heavy (non-hydrogen) atoms. The Labute approximate surface area is 146 Å². The summed E-state index contributed by atoms with van der Waals surface area (Å²) in [6, 6.07) is 17.6. The molecular weight excluding hydrogens is 320 g/mol. The fourth-order valence-electron chi connectivity index (χ4n) is 2.27. The van der Waals surface area contributed by atoms with E-state index >= 15 is 0 Å². The number of anilines is 2. The van der Waals surface area contributed by atoms with Gasteiger partial charge in [-0.2, -0.15) is 5.10 Å². The number of nitrogens with zero attached hydrogens (tertiary/aromatic N) is 2. The first-order valence-corrected chi connectivity index (χ1v) is 7.92. The Kier molecular flexibility index (Phi) is 5.08. The van der Waals surface area contributed by atoms with E-state index in [9.17, 15) is 0 Å². The molecule has 0 radical (unpaired) electrons. The molecule has 0 saturated carbocycles. The molecule has 0 aliphatic rings. The Morgan fingerprint density at radius 3 is 2.58 bits per heavy atom. The van der Waals surface area contributed by atoms with Crippen LogP contribution < -0.4 is 15.4 Å². The van der Waals surface area contributed by atoms with Crippen LogP contribution in [0.15, 0.2) is 67.0 Å². The highest BCUT2D eigenvalue weighted by molar-refractivity contribution is 7.80. The zero-order chi connectivity index (χ0) is 16.8. The molecule has 0 unspecified atom stereocenters. The molecule has 122 valence electrons. The fraction of sp³-hybridized carbons (Fsp3) is 0.111. The molecular formula is C18H18N4OS. The number of thiocarbonyl (C=S) groups is 1. The number of hydrogen-bond acceptors (Lipinski definition) is 3. The van der Waals surface area contributed by atoms with Crippen molar-refractivity contribution in [2.24, 2.45) is 0 Å². The number of hydrogen-bond donors (Lipinski definition) is 2. The molecule has 0 amide bonds. The Balaban J connectivity index is 1.57. The first kappa shape index (κ1) is 16.0. The van der Waals surface area contributed by atoms with Gasteiger partial charge >= 0.3 is 0 Å². The first-order valence-electron chi connectivity index (χ1n) is 7.51. The van der Waals surface area contributed by atoms with E-state index in [2.05, 4.69) is 27.9 Å². The lowest BCUT2D eigenvalue weighted by molar-refractivity contribution is 0.415. The Hall–Kier alpha value is -2.86. The van der Waals surface area contributed by atoms with E-state index in [0.717, 1.165) is 23.7 Å². The topological polar surface area (TPSA) is 51.1 Å². The second-order valence-electron chi connectivity index (χ2n) is 5.21. The van der Waals surface area contributed by atoms with Gasteiger partial charge in [-0.25, -0.2) is 0 Å². The summed E-state index contributed by atoms with van der Waals surface area (Å²) in [5.41, 5.74) is 2.98. The quantitative estimate of drug-likeness (QED) is 0.694. The maximum atomic E-state index is 5.35. The maximum Gasteiger partial charge on any atom is 0.175 e. The van der Waals surface area contributed by atoms with Crippen LogP contribution in [0.5, 0.6) is 5.75 Å². The third-order valence-corrected chi connectivity index (χ3v) is 3.65. The van der Waals surface area contributed by atoms with Crippen LogP contribution in [0, 0.1) is 0 Å². The standard InChI is InChI=1S/C18H18N4OS/c1-23-17-5-2-4-16(12-17)21-18(24)20-15-8-6-14(7-9-15)13-22-11-3-10-19-22/h2-12H,13H2,1H3,(H2,20,21,24). The molecule has 0 aliphatic carbocycles. The lowest BCUT2D eigenvalue weighted by atomic mass is 10.2. The van der Waals surface area contributed by atoms with Gasteiger partial charge in [-0.1, -0.05) is 18.2 Å². The number of ether oxygens (including phenoxy) is 1. The van der Waals surface area contributed by atoms with Crippen LogP contribution in [0.4, 0.5) is 11.4 Å². The monoisotopic (exact) mass is 338 g/mol. The molecule has 0 fully saturated rings. The molecule has 0 saturated heterocycles. The van der Waals surface area contributed by atoms with Crippen LogP contribution in [0.25, 0.3) is 0 Å². The molecule has 3 rings (SSSR count). The summed E-state index contributed by atoms with van der Waals surface area (Å²) in [5.74, 6) is 0.783. The minimum atomic E-state index is 0.531. The summed E-state index contributed by atoms with van der Waals surface area (Å²) in [5, 5.41) is 11.0. The summed E-state index contributed by atoms with van der Waals surface area (Å²) in [4.78, 5) is 0. The molecule has 6 heteroatoms. The highest BCUT2D eigenvalue weighted by atomic mass is 32.1. The van der Waals surface area contributed by atoms with Crippen molar-refractivity contribution in [1.29, 1.82) is 0 Å². The first-order chi connectivity index (χ1) is 11.7. The van der Waals surface area contributed by atoms with E-state index in [-0.39, 0.29) is 0 Å². The van der Waals surface area contributed by atoms with Crippen molar-refractivity contribution < 1.29 is 4.74 Å². The molecule has 2 aromatic carbocycles. The second-order valence-corrected chi connectivity index (χ2v) is 5.62. The fourth-order valence-corrected chi connectivity index (χ4v) is 2.50. The van der Waals surface area contributed by atoms with Crippen molar-refractivity contribution in [2.75, 3.05) is 17.7 Å². The summed E-state index contributed by atoms with van der Waals surface area (Å²) in [6.07, 6.45) is 3.72. The van der Waals surface area contributed by atoms with Crippen LogP contribution in [-0.2, 0) is 6.54 Å². The van der Waals surface area contributed by atoms with Gasteiger partial charge in [0, 0.05) is 29.8 Å². The average molecular weight is 338 g/mol. The molecule has 0 atom stereocenters. The lowest BCUT2D eigenvalue weighted by Crippen LogP contribution is -2.19. The van der Waals surface area contributed by atoms with Gasteiger partial charge in [0.2, 0.25) is 0 Å². The molecule has 2 N–H and O–H groups in total. The van der Waals surface area contributed by atoms with Crippen molar-refractivity contribution in [2.45, 2.75) is 6.54 Å². The van der Waals surface area contributed by atoms with Crippen LogP contribution in [0.2, 0.25) is 0 Å². The Morgan fingerprint density at radius 1 is 1.08 bits per heavy atom. The smallest absolute Gasteiger partial charge is 0.175 e. The van der Waals surface area contributed by atoms with Gasteiger partial charge in [0.05, 0.1) is 13.7 Å². The molecule has 1 heterocycles. The molecule has 0 spiro atoms. The van der Waals surface area contributed by atoms with Crippen molar-refractivity contribution >= 4 is 28.7 Å². The number of nitrogens with one attached hydrogen (secondary N) is 2. The molecule has 3 aromatic rings. The minimum Gasteiger partial charge on any atom is -0.497 e. The van der Waals surface area contributed by atoms with Gasteiger partial charge in [-0.05, 0) is 48.1 Å². The average Bonchev–Trinajstić information content (AvgIpc) is 3.10. The van der Waals surface area contributed by atoms with E-state index in [4.69, 9.17) is 17.0 Å². The normalized spacial score (nSPS) is 10.2. The summed E-state index contributed by atoms with van der Waals surface area (Å²) in [7, 11) is 1.64. The van der Waals surface area contributed by atoms with Gasteiger partial charge < -0.3 is 15.4 Å². The Bertz CT molecular complexity index is 800. The minimum absolute atomic E-state index is 0.531. The maximum absolute atomic E-state index is 5.35. The summed E-state index contributed by atoms with van der Waals surface area (Å²) < 4.78 is 7.09. The van der Waals surface area contributed by atoms with E-state index in [1.165, 1.54) is 5.56 Å². The van der Waals surface area contributed by atoms with Gasteiger partial charge in [-0.3, -0.25) is 4.68 Å². The highest BCUT2D eigenvalue weighted by Gasteiger charge is 2.01. The van der Waals surface area contributed by atoms with Gasteiger partial charge in [0.15, 0.2) is 5.11 Å². The molecule has 1 aromatic heterocycles. The van der Waals surface area contributed by atoms with Crippen LogP contribution in [-0.4, -0.2) is 22.0 Å². The van der Waals surface area contributed by atoms with E-state index in [1.54, 1.807) is 13.3 Å². The molecule has 0 bridgehead atoms. The summed E-state index contributed by atoms with van der Waals surface area (Å²) in [6.45, 7) is 0.750.